The molecule has 0 saturated carbocycles. The van der Waals surface area contributed by atoms with Gasteiger partial charge in [-0.1, -0.05) is 37.3 Å². The number of carbonyl (C=O) groups excluding carboxylic acids is 1. The van der Waals surface area contributed by atoms with E-state index in [2.05, 4.69) is 6.07 Å². The lowest BCUT2D eigenvalue weighted by atomic mass is 9.95. The molecule has 0 N–H and O–H groups in total. The summed E-state index contributed by atoms with van der Waals surface area (Å²) in [5.41, 5.74) is 3.12. The first-order chi connectivity index (χ1) is 10.2. The van der Waals surface area contributed by atoms with Gasteiger partial charge in [0.1, 0.15) is 5.82 Å². The van der Waals surface area contributed by atoms with Crippen LogP contribution in [0.4, 0.5) is 10.1 Å². The fourth-order valence-electron chi connectivity index (χ4n) is 3.00. The molecule has 2 aromatic carbocycles. The Bertz CT molecular complexity index is 651. The van der Waals surface area contributed by atoms with E-state index in [9.17, 15) is 9.18 Å². The van der Waals surface area contributed by atoms with Crippen molar-refractivity contribution in [3.63, 3.8) is 0 Å². The number of carbonyl (C=O) groups is 1. The van der Waals surface area contributed by atoms with Gasteiger partial charge < -0.3 is 4.90 Å². The molecule has 1 aliphatic heterocycles. The third kappa shape index (κ3) is 2.56. The highest BCUT2D eigenvalue weighted by Gasteiger charge is 2.29. The van der Waals surface area contributed by atoms with Crippen LogP contribution in [0.5, 0.6) is 0 Å². The van der Waals surface area contributed by atoms with Gasteiger partial charge in [-0.3, -0.25) is 4.79 Å². The van der Waals surface area contributed by atoms with Crippen LogP contribution in [0.3, 0.4) is 0 Å². The number of benzene rings is 2. The Morgan fingerprint density at radius 1 is 1.19 bits per heavy atom. The summed E-state index contributed by atoms with van der Waals surface area (Å²) >= 11 is 0. The number of rotatable bonds is 3. The van der Waals surface area contributed by atoms with E-state index in [4.69, 9.17) is 0 Å². The van der Waals surface area contributed by atoms with Crippen LogP contribution < -0.4 is 4.90 Å². The number of para-hydroxylation sites is 1. The summed E-state index contributed by atoms with van der Waals surface area (Å²) in [4.78, 5) is 14.7. The van der Waals surface area contributed by atoms with Gasteiger partial charge in [-0.25, -0.2) is 4.39 Å². The van der Waals surface area contributed by atoms with Gasteiger partial charge in [0.05, 0.1) is 5.92 Å². The molecule has 0 saturated heterocycles. The van der Waals surface area contributed by atoms with Crippen molar-refractivity contribution >= 4 is 11.6 Å². The molecular weight excluding hydrogens is 265 g/mol. The molecule has 1 heterocycles. The van der Waals surface area contributed by atoms with Crippen LogP contribution in [0.1, 0.15) is 30.4 Å². The van der Waals surface area contributed by atoms with Gasteiger partial charge in [-0.15, -0.1) is 0 Å². The molecule has 21 heavy (non-hydrogen) atoms. The monoisotopic (exact) mass is 283 g/mol. The molecule has 0 aromatic heterocycles. The maximum atomic E-state index is 13.1. The van der Waals surface area contributed by atoms with Crippen molar-refractivity contribution in [1.82, 2.24) is 0 Å². The van der Waals surface area contributed by atoms with Crippen molar-refractivity contribution in [3.05, 3.63) is 65.5 Å². The van der Waals surface area contributed by atoms with Gasteiger partial charge in [0.2, 0.25) is 5.91 Å². The molecule has 0 fully saturated rings. The minimum Gasteiger partial charge on any atom is -0.311 e. The summed E-state index contributed by atoms with van der Waals surface area (Å²) in [6, 6.07) is 14.3. The van der Waals surface area contributed by atoms with Crippen LogP contribution >= 0.6 is 0 Å². The number of amides is 1. The third-order valence-corrected chi connectivity index (χ3v) is 4.13. The van der Waals surface area contributed by atoms with Crippen molar-refractivity contribution < 1.29 is 9.18 Å². The third-order valence-electron chi connectivity index (χ3n) is 4.13. The summed E-state index contributed by atoms with van der Waals surface area (Å²) < 4.78 is 13.1. The lowest BCUT2D eigenvalue weighted by Crippen LogP contribution is -2.33. The van der Waals surface area contributed by atoms with Gasteiger partial charge in [0.25, 0.3) is 0 Å². The van der Waals surface area contributed by atoms with Crippen molar-refractivity contribution in [3.8, 4) is 0 Å². The summed E-state index contributed by atoms with van der Waals surface area (Å²) in [7, 11) is 0. The van der Waals surface area contributed by atoms with Crippen molar-refractivity contribution in [1.29, 1.82) is 0 Å². The Kier molecular flexibility index (Phi) is 3.74. The molecule has 1 aliphatic rings. The molecule has 1 atom stereocenters. The molecule has 0 spiro atoms. The van der Waals surface area contributed by atoms with E-state index in [1.54, 1.807) is 12.1 Å². The molecule has 0 bridgehead atoms. The van der Waals surface area contributed by atoms with E-state index in [0.29, 0.717) is 6.42 Å². The number of halogens is 1. The molecule has 3 rings (SSSR count). The smallest absolute Gasteiger partial charge is 0.234 e. The van der Waals surface area contributed by atoms with E-state index < -0.39 is 0 Å². The molecule has 2 nitrogen and oxygen atoms in total. The normalized spacial score (nSPS) is 14.9. The summed E-state index contributed by atoms with van der Waals surface area (Å²) in [5.74, 6) is -0.376. The highest BCUT2D eigenvalue weighted by atomic mass is 19.1. The molecule has 108 valence electrons. The van der Waals surface area contributed by atoms with Crippen molar-refractivity contribution in [2.75, 3.05) is 11.4 Å². The molecule has 0 unspecified atom stereocenters. The van der Waals surface area contributed by atoms with Gasteiger partial charge in [0, 0.05) is 12.2 Å². The standard InChI is InChI=1S/C18H18FNO/c1-2-16(13-7-9-15(19)10-8-13)18(21)20-12-11-14-5-3-4-6-17(14)20/h3-10,16H,2,11-12H2,1H3/t16-/m0/s1. The van der Waals surface area contributed by atoms with Gasteiger partial charge >= 0.3 is 0 Å². The molecule has 3 heteroatoms. The largest absolute Gasteiger partial charge is 0.311 e. The van der Waals surface area contributed by atoms with Gasteiger partial charge in [-0.2, -0.15) is 0 Å². The first-order valence-electron chi connectivity index (χ1n) is 7.35. The van der Waals surface area contributed by atoms with Gasteiger partial charge in [0.15, 0.2) is 0 Å². The van der Waals surface area contributed by atoms with Crippen LogP contribution in [0, 0.1) is 5.82 Å². The lowest BCUT2D eigenvalue weighted by Gasteiger charge is -2.23. The Morgan fingerprint density at radius 3 is 2.62 bits per heavy atom. The van der Waals surface area contributed by atoms with Gasteiger partial charge in [-0.05, 0) is 42.2 Å². The quantitative estimate of drug-likeness (QED) is 0.836. The Balaban J connectivity index is 1.88. The maximum absolute atomic E-state index is 13.1. The number of fused-ring (bicyclic) bond motifs is 1. The minimum atomic E-state index is -0.271. The van der Waals surface area contributed by atoms with Crippen LogP contribution in [0.2, 0.25) is 0 Å². The highest BCUT2D eigenvalue weighted by Crippen LogP contribution is 2.32. The van der Waals surface area contributed by atoms with Crippen LogP contribution in [0.25, 0.3) is 0 Å². The van der Waals surface area contributed by atoms with Crippen LogP contribution in [-0.2, 0) is 11.2 Å². The second kappa shape index (κ2) is 5.68. The number of hydrogen-bond acceptors (Lipinski definition) is 1. The molecule has 0 radical (unpaired) electrons. The Morgan fingerprint density at radius 2 is 1.90 bits per heavy atom. The fraction of sp³-hybridized carbons (Fsp3) is 0.278. The zero-order valence-electron chi connectivity index (χ0n) is 12.1. The van der Waals surface area contributed by atoms with E-state index in [1.807, 2.05) is 30.0 Å². The summed E-state index contributed by atoms with van der Waals surface area (Å²) in [6.07, 6.45) is 1.62. The average molecular weight is 283 g/mol. The van der Waals surface area contributed by atoms with E-state index in [0.717, 1.165) is 24.2 Å². The summed E-state index contributed by atoms with van der Waals surface area (Å²) in [5, 5.41) is 0. The first-order valence-corrected chi connectivity index (χ1v) is 7.35. The SMILES string of the molecule is CC[C@H](C(=O)N1CCc2ccccc21)c1ccc(F)cc1. The Hall–Kier alpha value is -2.16. The zero-order valence-corrected chi connectivity index (χ0v) is 12.1. The predicted octanol–water partition coefficient (Wildman–Crippen LogP) is 3.91. The predicted molar refractivity (Wildman–Crippen MR) is 81.9 cm³/mol. The first kappa shape index (κ1) is 13.8. The topological polar surface area (TPSA) is 20.3 Å². The van der Waals surface area contributed by atoms with Crippen LogP contribution in [0.15, 0.2) is 48.5 Å². The van der Waals surface area contributed by atoms with Crippen molar-refractivity contribution in [2.24, 2.45) is 0 Å². The second-order valence-electron chi connectivity index (χ2n) is 5.38. The highest BCUT2D eigenvalue weighted by molar-refractivity contribution is 5.99. The van der Waals surface area contributed by atoms with E-state index in [1.165, 1.54) is 17.7 Å². The molecular formula is C18H18FNO. The van der Waals surface area contributed by atoms with Crippen molar-refractivity contribution in [2.45, 2.75) is 25.7 Å². The lowest BCUT2D eigenvalue weighted by molar-refractivity contribution is -0.120. The number of nitrogens with zero attached hydrogens (tertiary/aromatic N) is 1. The van der Waals surface area contributed by atoms with E-state index >= 15 is 0 Å². The second-order valence-corrected chi connectivity index (χ2v) is 5.38. The number of hydrogen-bond donors (Lipinski definition) is 0. The molecule has 0 aliphatic carbocycles. The number of anilines is 1. The molecule has 2 aromatic rings. The minimum absolute atomic E-state index is 0.106. The average Bonchev–Trinajstić information content (AvgIpc) is 2.94. The van der Waals surface area contributed by atoms with E-state index in [-0.39, 0.29) is 17.6 Å². The van der Waals surface area contributed by atoms with Crippen LogP contribution in [-0.4, -0.2) is 12.5 Å². The Labute approximate surface area is 124 Å². The fourth-order valence-corrected chi connectivity index (χ4v) is 3.00. The zero-order chi connectivity index (χ0) is 14.8. The molecule has 1 amide bonds. The summed E-state index contributed by atoms with van der Waals surface area (Å²) in [6.45, 7) is 2.73. The maximum Gasteiger partial charge on any atom is 0.234 e.